The maximum absolute atomic E-state index is 10.2. The maximum atomic E-state index is 10.2. The van der Waals surface area contributed by atoms with Crippen LogP contribution in [0.1, 0.15) is 23.0 Å². The summed E-state index contributed by atoms with van der Waals surface area (Å²) in [6.07, 6.45) is 1.38. The van der Waals surface area contributed by atoms with E-state index >= 15 is 0 Å². The van der Waals surface area contributed by atoms with Crippen LogP contribution in [-0.4, -0.2) is 12.2 Å². The van der Waals surface area contributed by atoms with Gasteiger partial charge in [-0.05, 0) is 36.8 Å². The number of aryl methyl sites for hydroxylation is 1. The molecule has 4 heteroatoms. The number of methoxy groups -OCH3 is 1. The fraction of sp³-hybridized carbons (Fsp3) is 0.286. The number of ether oxygens (including phenoxy) is 1. The smallest absolute Gasteiger partial charge is 0.122 e. The Morgan fingerprint density at radius 3 is 2.78 bits per heavy atom. The minimum atomic E-state index is -0.629. The summed E-state index contributed by atoms with van der Waals surface area (Å²) in [6, 6.07) is 7.14. The topological polar surface area (TPSA) is 42.6 Å². The van der Waals surface area contributed by atoms with Gasteiger partial charge >= 0.3 is 0 Å². The van der Waals surface area contributed by atoms with Gasteiger partial charge in [0.2, 0.25) is 0 Å². The van der Waals surface area contributed by atoms with E-state index in [4.69, 9.17) is 20.8 Å². The van der Waals surface area contributed by atoms with Crippen molar-refractivity contribution in [1.82, 2.24) is 0 Å². The SMILES string of the molecule is COc1ccc(Cl)cc1CC(O)c1ccoc1C. The Morgan fingerprint density at radius 1 is 1.39 bits per heavy atom. The monoisotopic (exact) mass is 266 g/mol. The third kappa shape index (κ3) is 2.68. The zero-order valence-corrected chi connectivity index (χ0v) is 11.1. The van der Waals surface area contributed by atoms with Crippen LogP contribution in [-0.2, 0) is 6.42 Å². The number of benzene rings is 1. The highest BCUT2D eigenvalue weighted by Crippen LogP contribution is 2.29. The summed E-state index contributed by atoms with van der Waals surface area (Å²) in [7, 11) is 1.60. The van der Waals surface area contributed by atoms with Gasteiger partial charge in [0.15, 0.2) is 0 Å². The molecule has 1 heterocycles. The molecule has 1 aromatic heterocycles. The van der Waals surface area contributed by atoms with Crippen LogP contribution in [0.2, 0.25) is 5.02 Å². The van der Waals surface area contributed by atoms with Crippen molar-refractivity contribution in [2.75, 3.05) is 7.11 Å². The largest absolute Gasteiger partial charge is 0.496 e. The van der Waals surface area contributed by atoms with Crippen LogP contribution in [0.15, 0.2) is 34.9 Å². The lowest BCUT2D eigenvalue weighted by molar-refractivity contribution is 0.175. The molecular formula is C14H15ClO3. The quantitative estimate of drug-likeness (QED) is 0.921. The second kappa shape index (κ2) is 5.46. The molecule has 1 unspecified atom stereocenters. The predicted octanol–water partition coefficient (Wildman–Crippen LogP) is 3.53. The molecule has 18 heavy (non-hydrogen) atoms. The van der Waals surface area contributed by atoms with E-state index in [1.54, 1.807) is 37.6 Å². The van der Waals surface area contributed by atoms with Crippen molar-refractivity contribution >= 4 is 11.6 Å². The molecule has 1 aromatic carbocycles. The number of aliphatic hydroxyl groups is 1. The van der Waals surface area contributed by atoms with Gasteiger partial charge in [-0.2, -0.15) is 0 Å². The summed E-state index contributed by atoms with van der Waals surface area (Å²) in [5.41, 5.74) is 1.66. The number of hydrogen-bond acceptors (Lipinski definition) is 3. The molecule has 0 saturated heterocycles. The van der Waals surface area contributed by atoms with Crippen molar-refractivity contribution in [2.45, 2.75) is 19.4 Å². The summed E-state index contributed by atoms with van der Waals surface area (Å²) in [5.74, 6) is 1.45. The van der Waals surface area contributed by atoms with Gasteiger partial charge in [-0.15, -0.1) is 0 Å². The molecule has 0 spiro atoms. The Hall–Kier alpha value is -1.45. The Morgan fingerprint density at radius 2 is 2.17 bits per heavy atom. The molecule has 0 bridgehead atoms. The van der Waals surface area contributed by atoms with Crippen LogP contribution in [0.4, 0.5) is 0 Å². The van der Waals surface area contributed by atoms with Gasteiger partial charge in [0.25, 0.3) is 0 Å². The number of hydrogen-bond donors (Lipinski definition) is 1. The molecule has 1 atom stereocenters. The van der Waals surface area contributed by atoms with Gasteiger partial charge < -0.3 is 14.3 Å². The molecule has 0 saturated carbocycles. The Bertz CT molecular complexity index is 534. The standard InChI is InChI=1S/C14H15ClO3/c1-9-12(5-6-18-9)13(16)8-10-7-11(15)3-4-14(10)17-2/h3-7,13,16H,8H2,1-2H3. The van der Waals surface area contributed by atoms with Gasteiger partial charge in [0.05, 0.1) is 19.5 Å². The van der Waals surface area contributed by atoms with Crippen molar-refractivity contribution in [3.63, 3.8) is 0 Å². The zero-order chi connectivity index (χ0) is 13.1. The normalized spacial score (nSPS) is 12.4. The lowest BCUT2D eigenvalue weighted by atomic mass is 10.0. The number of rotatable bonds is 4. The van der Waals surface area contributed by atoms with Crippen LogP contribution < -0.4 is 4.74 Å². The third-order valence-corrected chi connectivity index (χ3v) is 3.15. The second-order valence-corrected chi connectivity index (χ2v) is 4.54. The van der Waals surface area contributed by atoms with Crippen LogP contribution in [0.3, 0.4) is 0 Å². The first-order valence-electron chi connectivity index (χ1n) is 5.66. The Kier molecular flexibility index (Phi) is 3.94. The average Bonchev–Trinajstić information content (AvgIpc) is 2.76. The van der Waals surface area contributed by atoms with Crippen molar-refractivity contribution in [1.29, 1.82) is 0 Å². The van der Waals surface area contributed by atoms with Gasteiger partial charge in [-0.1, -0.05) is 11.6 Å². The van der Waals surface area contributed by atoms with E-state index < -0.39 is 6.10 Å². The van der Waals surface area contributed by atoms with E-state index in [1.807, 2.05) is 6.92 Å². The molecule has 3 nitrogen and oxygen atoms in total. The van der Waals surface area contributed by atoms with Crippen molar-refractivity contribution in [3.05, 3.63) is 52.4 Å². The minimum Gasteiger partial charge on any atom is -0.496 e. The Balaban J connectivity index is 2.23. The molecular weight excluding hydrogens is 252 g/mol. The van der Waals surface area contributed by atoms with Crippen molar-refractivity contribution in [3.8, 4) is 5.75 Å². The summed E-state index contributed by atoms with van der Waals surface area (Å²) in [6.45, 7) is 1.83. The van der Waals surface area contributed by atoms with E-state index in [0.29, 0.717) is 11.4 Å². The molecule has 0 fully saturated rings. The molecule has 0 aliphatic rings. The van der Waals surface area contributed by atoms with Gasteiger partial charge in [0.1, 0.15) is 11.5 Å². The molecule has 0 aliphatic heterocycles. The van der Waals surface area contributed by atoms with Crippen LogP contribution in [0, 0.1) is 6.92 Å². The highest BCUT2D eigenvalue weighted by atomic mass is 35.5. The highest BCUT2D eigenvalue weighted by molar-refractivity contribution is 6.30. The minimum absolute atomic E-state index is 0.435. The average molecular weight is 267 g/mol. The molecule has 0 amide bonds. The fourth-order valence-electron chi connectivity index (χ4n) is 1.97. The Labute approximate surface area is 111 Å². The van der Waals surface area contributed by atoms with E-state index in [-0.39, 0.29) is 0 Å². The summed E-state index contributed by atoms with van der Waals surface area (Å²) in [4.78, 5) is 0. The lowest BCUT2D eigenvalue weighted by Crippen LogP contribution is -2.03. The first-order chi connectivity index (χ1) is 8.61. The summed E-state index contributed by atoms with van der Waals surface area (Å²) >= 11 is 5.96. The third-order valence-electron chi connectivity index (χ3n) is 2.91. The summed E-state index contributed by atoms with van der Waals surface area (Å²) < 4.78 is 10.4. The number of halogens is 1. The van der Waals surface area contributed by atoms with Crippen molar-refractivity contribution in [2.24, 2.45) is 0 Å². The first-order valence-corrected chi connectivity index (χ1v) is 6.04. The lowest BCUT2D eigenvalue weighted by Gasteiger charge is -2.13. The second-order valence-electron chi connectivity index (χ2n) is 4.11. The van der Waals surface area contributed by atoms with E-state index in [1.165, 1.54) is 0 Å². The van der Waals surface area contributed by atoms with Gasteiger partial charge in [-0.3, -0.25) is 0 Å². The summed E-state index contributed by atoms with van der Waals surface area (Å²) in [5, 5.41) is 10.8. The first kappa shape index (κ1) is 13.0. The molecule has 2 rings (SSSR count). The van der Waals surface area contributed by atoms with Crippen LogP contribution in [0.5, 0.6) is 5.75 Å². The van der Waals surface area contributed by atoms with Crippen LogP contribution in [0.25, 0.3) is 0 Å². The van der Waals surface area contributed by atoms with Gasteiger partial charge in [-0.25, -0.2) is 0 Å². The zero-order valence-electron chi connectivity index (χ0n) is 10.3. The molecule has 1 N–H and O–H groups in total. The number of furan rings is 1. The molecule has 0 radical (unpaired) electrons. The highest BCUT2D eigenvalue weighted by Gasteiger charge is 2.16. The number of aliphatic hydroxyl groups excluding tert-OH is 1. The van der Waals surface area contributed by atoms with E-state index in [9.17, 15) is 5.11 Å². The predicted molar refractivity (Wildman–Crippen MR) is 70.1 cm³/mol. The molecule has 96 valence electrons. The van der Waals surface area contributed by atoms with E-state index in [2.05, 4.69) is 0 Å². The van der Waals surface area contributed by atoms with E-state index in [0.717, 1.165) is 22.6 Å². The molecule has 0 aliphatic carbocycles. The maximum Gasteiger partial charge on any atom is 0.122 e. The van der Waals surface area contributed by atoms with Crippen molar-refractivity contribution < 1.29 is 14.3 Å². The van der Waals surface area contributed by atoms with Crippen LogP contribution >= 0.6 is 11.6 Å². The van der Waals surface area contributed by atoms with Gasteiger partial charge in [0, 0.05) is 17.0 Å². The molecule has 2 aromatic rings. The fourth-order valence-corrected chi connectivity index (χ4v) is 2.16.